The molecule has 0 aromatic heterocycles. The highest BCUT2D eigenvalue weighted by molar-refractivity contribution is 4.71. The van der Waals surface area contributed by atoms with Gasteiger partial charge in [0.05, 0.1) is 6.61 Å². The summed E-state index contributed by atoms with van der Waals surface area (Å²) in [5, 5.41) is 3.56. The maximum atomic E-state index is 5.24. The minimum Gasteiger partial charge on any atom is -0.383 e. The average molecular weight is 287 g/mol. The molecule has 122 valence electrons. The molecular weight excluding hydrogens is 248 g/mol. The predicted molar refractivity (Wildman–Crippen MR) is 89.4 cm³/mol. The van der Waals surface area contributed by atoms with Crippen molar-refractivity contribution in [1.29, 1.82) is 0 Å². The van der Waals surface area contributed by atoms with Crippen LogP contribution in [-0.4, -0.2) is 49.8 Å². The molecule has 1 N–H and O–H groups in total. The molecule has 0 saturated heterocycles. The summed E-state index contributed by atoms with van der Waals surface area (Å²) in [6.45, 7) is 15.5. The second kappa shape index (κ2) is 11.5. The normalized spacial score (nSPS) is 12.6. The molecule has 0 fully saturated rings. The van der Waals surface area contributed by atoms with Gasteiger partial charge in [0.2, 0.25) is 0 Å². The molecule has 0 aromatic carbocycles. The molecule has 0 radical (unpaired) electrons. The van der Waals surface area contributed by atoms with Crippen molar-refractivity contribution >= 4 is 0 Å². The summed E-state index contributed by atoms with van der Waals surface area (Å²) in [4.78, 5) is 2.61. The number of nitrogens with zero attached hydrogens (tertiary/aromatic N) is 1. The molecule has 20 heavy (non-hydrogen) atoms. The first-order valence-electron chi connectivity index (χ1n) is 8.42. The Morgan fingerprint density at radius 3 is 2.15 bits per heavy atom. The van der Waals surface area contributed by atoms with Crippen molar-refractivity contribution in [2.24, 2.45) is 0 Å². The Labute approximate surface area is 127 Å². The van der Waals surface area contributed by atoms with E-state index in [1.54, 1.807) is 7.11 Å². The molecule has 3 heteroatoms. The van der Waals surface area contributed by atoms with Gasteiger partial charge >= 0.3 is 0 Å². The second-order valence-electron chi connectivity index (χ2n) is 6.74. The summed E-state index contributed by atoms with van der Waals surface area (Å²) in [5.74, 6) is 0. The van der Waals surface area contributed by atoms with Crippen molar-refractivity contribution in [2.75, 3.05) is 33.4 Å². The quantitative estimate of drug-likeness (QED) is 0.554. The van der Waals surface area contributed by atoms with Crippen molar-refractivity contribution in [3.8, 4) is 0 Å². The summed E-state index contributed by atoms with van der Waals surface area (Å²) >= 11 is 0. The number of hydrogen-bond donors (Lipinski definition) is 1. The predicted octanol–water partition coefficient (Wildman–Crippen LogP) is 3.68. The van der Waals surface area contributed by atoms with Gasteiger partial charge in [0.25, 0.3) is 0 Å². The third-order valence-electron chi connectivity index (χ3n) is 3.82. The molecule has 0 aliphatic carbocycles. The molecule has 3 nitrogen and oxygen atoms in total. The molecule has 0 amide bonds. The molecule has 0 spiro atoms. The van der Waals surface area contributed by atoms with E-state index in [0.29, 0.717) is 0 Å². The smallest absolute Gasteiger partial charge is 0.0589 e. The fraction of sp³-hybridized carbons (Fsp3) is 1.00. The van der Waals surface area contributed by atoms with Crippen LogP contribution in [0.2, 0.25) is 0 Å². The van der Waals surface area contributed by atoms with Crippen LogP contribution in [0.5, 0.6) is 0 Å². The van der Waals surface area contributed by atoms with Gasteiger partial charge in [-0.3, -0.25) is 4.90 Å². The first-order valence-corrected chi connectivity index (χ1v) is 8.42. The van der Waals surface area contributed by atoms with Gasteiger partial charge in [-0.15, -0.1) is 0 Å². The monoisotopic (exact) mass is 286 g/mol. The lowest BCUT2D eigenvalue weighted by Gasteiger charge is -2.30. The second-order valence-corrected chi connectivity index (χ2v) is 6.74. The summed E-state index contributed by atoms with van der Waals surface area (Å²) in [6.07, 6.45) is 6.37. The van der Waals surface area contributed by atoms with E-state index in [9.17, 15) is 0 Å². The fourth-order valence-corrected chi connectivity index (χ4v) is 2.57. The molecule has 0 aliphatic heterocycles. The highest BCUT2D eigenvalue weighted by Crippen LogP contribution is 2.10. The summed E-state index contributed by atoms with van der Waals surface area (Å²) in [7, 11) is 1.79. The van der Waals surface area contributed by atoms with Crippen molar-refractivity contribution in [3.63, 3.8) is 0 Å². The number of nitrogens with one attached hydrogen (secondary N) is 1. The van der Waals surface area contributed by atoms with Gasteiger partial charge in [0.1, 0.15) is 0 Å². The van der Waals surface area contributed by atoms with Crippen LogP contribution in [0.15, 0.2) is 0 Å². The molecule has 0 saturated carbocycles. The van der Waals surface area contributed by atoms with Crippen LogP contribution in [0.3, 0.4) is 0 Å². The Hall–Kier alpha value is -0.120. The lowest BCUT2D eigenvalue weighted by Crippen LogP contribution is -2.38. The summed E-state index contributed by atoms with van der Waals surface area (Å²) in [6, 6.07) is 0.720. The first kappa shape index (κ1) is 19.9. The number of rotatable bonds is 12. The zero-order chi connectivity index (χ0) is 15.4. The van der Waals surface area contributed by atoms with Gasteiger partial charge in [0, 0.05) is 25.2 Å². The van der Waals surface area contributed by atoms with Crippen LogP contribution in [0.1, 0.15) is 66.7 Å². The van der Waals surface area contributed by atoms with E-state index in [1.807, 2.05) is 0 Å². The van der Waals surface area contributed by atoms with Gasteiger partial charge in [0.15, 0.2) is 0 Å². The fourth-order valence-electron chi connectivity index (χ4n) is 2.57. The highest BCUT2D eigenvalue weighted by atomic mass is 16.5. The van der Waals surface area contributed by atoms with Crippen LogP contribution < -0.4 is 5.32 Å². The Morgan fingerprint density at radius 1 is 1.00 bits per heavy atom. The SMILES string of the molecule is CCC(CC)N(CCCCCNC(C)(C)C)CCOC. The number of unbranched alkanes of at least 4 members (excludes halogenated alkanes) is 2. The van der Waals surface area contributed by atoms with E-state index >= 15 is 0 Å². The van der Waals surface area contributed by atoms with Crippen LogP contribution in [0.25, 0.3) is 0 Å². The van der Waals surface area contributed by atoms with Crippen molar-refractivity contribution in [1.82, 2.24) is 10.2 Å². The Balaban J connectivity index is 3.84. The number of hydrogen-bond acceptors (Lipinski definition) is 3. The van der Waals surface area contributed by atoms with Crippen LogP contribution in [0, 0.1) is 0 Å². The van der Waals surface area contributed by atoms with E-state index in [2.05, 4.69) is 44.8 Å². The molecule has 0 rings (SSSR count). The largest absolute Gasteiger partial charge is 0.383 e. The molecule has 0 heterocycles. The van der Waals surface area contributed by atoms with E-state index in [1.165, 1.54) is 38.6 Å². The molecule has 0 unspecified atom stereocenters. The molecular formula is C17H38N2O. The van der Waals surface area contributed by atoms with Crippen molar-refractivity contribution < 1.29 is 4.74 Å². The van der Waals surface area contributed by atoms with E-state index in [4.69, 9.17) is 4.74 Å². The number of methoxy groups -OCH3 is 1. The zero-order valence-corrected chi connectivity index (χ0v) is 14.8. The maximum Gasteiger partial charge on any atom is 0.0589 e. The minimum atomic E-state index is 0.250. The van der Waals surface area contributed by atoms with Gasteiger partial charge in [-0.2, -0.15) is 0 Å². The molecule has 0 atom stereocenters. The topological polar surface area (TPSA) is 24.5 Å². The van der Waals surface area contributed by atoms with E-state index in [0.717, 1.165) is 25.7 Å². The van der Waals surface area contributed by atoms with Gasteiger partial charge in [-0.05, 0) is 59.5 Å². The molecule has 0 bridgehead atoms. The lowest BCUT2D eigenvalue weighted by molar-refractivity contribution is 0.113. The first-order chi connectivity index (χ1) is 9.44. The van der Waals surface area contributed by atoms with E-state index < -0.39 is 0 Å². The van der Waals surface area contributed by atoms with Gasteiger partial charge < -0.3 is 10.1 Å². The van der Waals surface area contributed by atoms with Crippen LogP contribution in [0.4, 0.5) is 0 Å². The Morgan fingerprint density at radius 2 is 1.65 bits per heavy atom. The summed E-state index contributed by atoms with van der Waals surface area (Å²) < 4.78 is 5.24. The minimum absolute atomic E-state index is 0.250. The van der Waals surface area contributed by atoms with E-state index in [-0.39, 0.29) is 5.54 Å². The highest BCUT2D eigenvalue weighted by Gasteiger charge is 2.14. The third kappa shape index (κ3) is 10.6. The van der Waals surface area contributed by atoms with Crippen molar-refractivity contribution in [3.05, 3.63) is 0 Å². The maximum absolute atomic E-state index is 5.24. The number of ether oxygens (including phenoxy) is 1. The Bertz CT molecular complexity index is 210. The molecule has 0 aromatic rings. The zero-order valence-electron chi connectivity index (χ0n) is 14.8. The standard InChI is InChI=1S/C17H38N2O/c1-7-16(8-2)19(14-15-20-6)13-11-9-10-12-18-17(3,4)5/h16,18H,7-15H2,1-6H3. The molecule has 0 aliphatic rings. The third-order valence-corrected chi connectivity index (χ3v) is 3.82. The lowest BCUT2D eigenvalue weighted by atomic mass is 10.1. The van der Waals surface area contributed by atoms with Crippen molar-refractivity contribution in [2.45, 2.75) is 78.3 Å². The van der Waals surface area contributed by atoms with Crippen LogP contribution >= 0.6 is 0 Å². The van der Waals surface area contributed by atoms with Gasteiger partial charge in [-0.1, -0.05) is 20.3 Å². The summed E-state index contributed by atoms with van der Waals surface area (Å²) in [5.41, 5.74) is 0.250. The Kier molecular flexibility index (Phi) is 11.5. The van der Waals surface area contributed by atoms with Crippen LogP contribution in [-0.2, 0) is 4.74 Å². The van der Waals surface area contributed by atoms with Gasteiger partial charge in [-0.25, -0.2) is 0 Å². The average Bonchev–Trinajstić information content (AvgIpc) is 2.39.